The Morgan fingerprint density at radius 2 is 1.85 bits per heavy atom. The predicted molar refractivity (Wildman–Crippen MR) is 100 cm³/mol. The van der Waals surface area contributed by atoms with Gasteiger partial charge in [-0.2, -0.15) is 0 Å². The van der Waals surface area contributed by atoms with Crippen LogP contribution in [0.15, 0.2) is 41.6 Å². The van der Waals surface area contributed by atoms with E-state index in [2.05, 4.69) is 24.9 Å². The second-order valence-corrected chi connectivity index (χ2v) is 7.72. The molecule has 1 aromatic carbocycles. The van der Waals surface area contributed by atoms with Crippen molar-refractivity contribution >= 4 is 21.7 Å². The Balaban J connectivity index is 1.50. The molecule has 0 atom stereocenters. The number of benzene rings is 1. The molecule has 26 heavy (non-hydrogen) atoms. The van der Waals surface area contributed by atoms with Crippen molar-refractivity contribution < 1.29 is 13.2 Å². The third kappa shape index (κ3) is 4.61. The molecule has 1 aromatic heterocycles. The highest BCUT2D eigenvalue weighted by Gasteiger charge is 2.15. The van der Waals surface area contributed by atoms with Crippen LogP contribution in [-0.2, 0) is 10.0 Å². The molecule has 140 valence electrons. The zero-order valence-electron chi connectivity index (χ0n) is 14.7. The van der Waals surface area contributed by atoms with Crippen LogP contribution >= 0.6 is 0 Å². The fourth-order valence-electron chi connectivity index (χ4n) is 2.78. The number of anilines is 2. The summed E-state index contributed by atoms with van der Waals surface area (Å²) in [5, 5.41) is 3.13. The van der Waals surface area contributed by atoms with Crippen molar-refractivity contribution in [2.24, 2.45) is 0 Å². The maximum atomic E-state index is 12.3. The highest BCUT2D eigenvalue weighted by molar-refractivity contribution is 7.89. The number of rotatable bonds is 8. The number of nitrogens with zero attached hydrogens (tertiary/aromatic N) is 3. The van der Waals surface area contributed by atoms with Gasteiger partial charge in [0.2, 0.25) is 10.0 Å². The van der Waals surface area contributed by atoms with Crippen LogP contribution in [0.3, 0.4) is 0 Å². The lowest BCUT2D eigenvalue weighted by molar-refractivity contribution is 0.414. The Hall–Kier alpha value is -2.39. The lowest BCUT2D eigenvalue weighted by Gasteiger charge is -2.16. The Morgan fingerprint density at radius 3 is 2.54 bits per heavy atom. The minimum atomic E-state index is -3.55. The molecule has 0 bridgehead atoms. The van der Waals surface area contributed by atoms with Crippen LogP contribution in [-0.4, -0.2) is 51.7 Å². The third-order valence-corrected chi connectivity index (χ3v) is 5.65. The van der Waals surface area contributed by atoms with Gasteiger partial charge in [-0.1, -0.05) is 0 Å². The molecule has 1 aliphatic heterocycles. The van der Waals surface area contributed by atoms with E-state index < -0.39 is 10.0 Å². The molecule has 0 amide bonds. The molecule has 2 N–H and O–H groups in total. The molecular formula is C17H23N5O3S. The Morgan fingerprint density at radius 1 is 1.12 bits per heavy atom. The fraction of sp³-hybridized carbons (Fsp3) is 0.412. The fourth-order valence-corrected chi connectivity index (χ4v) is 3.81. The number of methoxy groups -OCH3 is 1. The van der Waals surface area contributed by atoms with Gasteiger partial charge in [0.25, 0.3) is 0 Å². The van der Waals surface area contributed by atoms with Crippen molar-refractivity contribution in [1.29, 1.82) is 0 Å². The molecule has 9 heteroatoms. The van der Waals surface area contributed by atoms with Crippen molar-refractivity contribution in [3.8, 4) is 5.75 Å². The number of ether oxygens (including phenoxy) is 1. The van der Waals surface area contributed by atoms with Gasteiger partial charge in [-0.3, -0.25) is 0 Å². The molecule has 0 saturated carbocycles. The van der Waals surface area contributed by atoms with Crippen molar-refractivity contribution in [3.63, 3.8) is 0 Å². The van der Waals surface area contributed by atoms with Crippen molar-refractivity contribution in [2.45, 2.75) is 17.7 Å². The van der Waals surface area contributed by atoms with Gasteiger partial charge in [0.1, 0.15) is 23.7 Å². The van der Waals surface area contributed by atoms with Crippen LogP contribution in [0, 0.1) is 0 Å². The molecule has 0 aliphatic carbocycles. The first-order valence-electron chi connectivity index (χ1n) is 8.53. The summed E-state index contributed by atoms with van der Waals surface area (Å²) in [5.74, 6) is 2.20. The minimum absolute atomic E-state index is 0.205. The summed E-state index contributed by atoms with van der Waals surface area (Å²) in [6, 6.07) is 8.16. The second-order valence-electron chi connectivity index (χ2n) is 5.96. The summed E-state index contributed by atoms with van der Waals surface area (Å²) in [6.07, 6.45) is 3.89. The molecule has 0 unspecified atom stereocenters. The quantitative estimate of drug-likeness (QED) is 0.673. The Bertz CT molecular complexity index is 821. The summed E-state index contributed by atoms with van der Waals surface area (Å²) in [6.45, 7) is 2.69. The number of hydrogen-bond acceptors (Lipinski definition) is 7. The summed E-state index contributed by atoms with van der Waals surface area (Å²) < 4.78 is 32.1. The normalized spacial score (nSPS) is 14.4. The van der Waals surface area contributed by atoms with E-state index in [4.69, 9.17) is 4.74 Å². The van der Waals surface area contributed by atoms with E-state index in [1.807, 2.05) is 6.07 Å². The number of aromatic nitrogens is 2. The van der Waals surface area contributed by atoms with E-state index in [0.29, 0.717) is 18.1 Å². The van der Waals surface area contributed by atoms with Crippen LogP contribution in [0.1, 0.15) is 12.8 Å². The molecule has 0 spiro atoms. The molecule has 1 saturated heterocycles. The summed E-state index contributed by atoms with van der Waals surface area (Å²) in [5.41, 5.74) is 0. The zero-order chi connectivity index (χ0) is 18.4. The van der Waals surface area contributed by atoms with Crippen LogP contribution < -0.4 is 19.7 Å². The molecule has 0 radical (unpaired) electrons. The van der Waals surface area contributed by atoms with Gasteiger partial charge < -0.3 is 15.0 Å². The van der Waals surface area contributed by atoms with Crippen LogP contribution in [0.5, 0.6) is 5.75 Å². The highest BCUT2D eigenvalue weighted by Crippen LogP contribution is 2.19. The predicted octanol–water partition coefficient (Wildman–Crippen LogP) is 1.48. The standard InChI is InChI=1S/C17H23N5O3S/c1-25-14-4-6-15(7-5-14)26(23,24)21-9-8-18-16-12-17(20-13-19-16)22-10-2-3-11-22/h4-7,12-13,21H,2-3,8-11H2,1H3,(H,18,19,20). The van der Waals surface area contributed by atoms with Gasteiger partial charge in [0.05, 0.1) is 12.0 Å². The van der Waals surface area contributed by atoms with E-state index in [-0.39, 0.29) is 11.4 Å². The van der Waals surface area contributed by atoms with Crippen LogP contribution in [0.2, 0.25) is 0 Å². The van der Waals surface area contributed by atoms with Gasteiger partial charge in [-0.05, 0) is 37.1 Å². The van der Waals surface area contributed by atoms with E-state index >= 15 is 0 Å². The largest absolute Gasteiger partial charge is 0.497 e. The van der Waals surface area contributed by atoms with Gasteiger partial charge in [0, 0.05) is 32.2 Å². The summed E-state index contributed by atoms with van der Waals surface area (Å²) in [7, 11) is -2.01. The summed E-state index contributed by atoms with van der Waals surface area (Å²) >= 11 is 0. The molecule has 8 nitrogen and oxygen atoms in total. The van der Waals surface area contributed by atoms with Crippen molar-refractivity contribution in [3.05, 3.63) is 36.7 Å². The molecule has 2 heterocycles. The third-order valence-electron chi connectivity index (χ3n) is 4.18. The van der Waals surface area contributed by atoms with Crippen LogP contribution in [0.25, 0.3) is 0 Å². The van der Waals surface area contributed by atoms with Crippen molar-refractivity contribution in [1.82, 2.24) is 14.7 Å². The Kier molecular flexibility index (Phi) is 5.89. The second kappa shape index (κ2) is 8.33. The Labute approximate surface area is 153 Å². The van der Waals surface area contributed by atoms with Gasteiger partial charge >= 0.3 is 0 Å². The summed E-state index contributed by atoms with van der Waals surface area (Å²) in [4.78, 5) is 10.9. The maximum absolute atomic E-state index is 12.3. The molecule has 2 aromatic rings. The van der Waals surface area contributed by atoms with Crippen molar-refractivity contribution in [2.75, 3.05) is 43.5 Å². The van der Waals surface area contributed by atoms with Gasteiger partial charge in [0.15, 0.2) is 0 Å². The lowest BCUT2D eigenvalue weighted by atomic mass is 10.3. The number of nitrogens with one attached hydrogen (secondary N) is 2. The van der Waals surface area contributed by atoms with E-state index in [1.165, 1.54) is 38.4 Å². The first kappa shape index (κ1) is 18.4. The maximum Gasteiger partial charge on any atom is 0.240 e. The smallest absolute Gasteiger partial charge is 0.240 e. The molecular weight excluding hydrogens is 354 g/mol. The zero-order valence-corrected chi connectivity index (χ0v) is 15.5. The number of sulfonamides is 1. The van der Waals surface area contributed by atoms with E-state index in [9.17, 15) is 8.42 Å². The number of hydrogen-bond donors (Lipinski definition) is 2. The van der Waals surface area contributed by atoms with E-state index in [0.717, 1.165) is 18.9 Å². The van der Waals surface area contributed by atoms with E-state index in [1.54, 1.807) is 12.1 Å². The molecule has 1 aliphatic rings. The topological polar surface area (TPSA) is 96.5 Å². The highest BCUT2D eigenvalue weighted by atomic mass is 32.2. The average Bonchev–Trinajstić information content (AvgIpc) is 3.20. The first-order valence-corrected chi connectivity index (χ1v) is 10.0. The monoisotopic (exact) mass is 377 g/mol. The molecule has 1 fully saturated rings. The SMILES string of the molecule is COc1ccc(S(=O)(=O)NCCNc2cc(N3CCCC3)ncn2)cc1. The first-order chi connectivity index (χ1) is 12.6. The van der Waals surface area contributed by atoms with Crippen LogP contribution in [0.4, 0.5) is 11.6 Å². The van der Waals surface area contributed by atoms with Gasteiger partial charge in [-0.15, -0.1) is 0 Å². The van der Waals surface area contributed by atoms with Gasteiger partial charge in [-0.25, -0.2) is 23.1 Å². The average molecular weight is 377 g/mol. The lowest BCUT2D eigenvalue weighted by Crippen LogP contribution is -2.29. The minimum Gasteiger partial charge on any atom is -0.497 e. The molecule has 3 rings (SSSR count).